The molecule has 0 radical (unpaired) electrons. The van der Waals surface area contributed by atoms with E-state index in [0.717, 1.165) is 16.9 Å². The van der Waals surface area contributed by atoms with Crippen molar-refractivity contribution in [2.24, 2.45) is 0 Å². The van der Waals surface area contributed by atoms with Gasteiger partial charge in [-0.15, -0.1) is 0 Å². The fourth-order valence-electron chi connectivity index (χ4n) is 7.87. The van der Waals surface area contributed by atoms with E-state index in [0.29, 0.717) is 5.95 Å². The van der Waals surface area contributed by atoms with Crippen LogP contribution in [0.3, 0.4) is 0 Å². The largest absolute Gasteiger partial charge is 0.309 e. The third-order valence-corrected chi connectivity index (χ3v) is 10.2. The SMILES string of the molecule is C1=CC2C(C=C1c1ccc3c(c1)c1ccccc1n3-c1ccccc1)c1ccccc1N2c1nccc(-c2ccc(-c3ccccc3)cc2)n1. The van der Waals surface area contributed by atoms with Crippen molar-refractivity contribution in [3.63, 3.8) is 0 Å². The molecule has 2 unspecified atom stereocenters. The Morgan fingerprint density at radius 3 is 2.08 bits per heavy atom. The van der Waals surface area contributed by atoms with Crippen molar-refractivity contribution in [3.8, 4) is 28.1 Å². The number of benzene rings is 6. The van der Waals surface area contributed by atoms with Gasteiger partial charge in [0, 0.05) is 39.8 Å². The molecule has 4 heteroatoms. The zero-order chi connectivity index (χ0) is 33.0. The lowest BCUT2D eigenvalue weighted by Crippen LogP contribution is -2.30. The first-order chi connectivity index (χ1) is 24.8. The first kappa shape index (κ1) is 28.5. The van der Waals surface area contributed by atoms with E-state index in [4.69, 9.17) is 9.97 Å². The summed E-state index contributed by atoms with van der Waals surface area (Å²) in [5.74, 6) is 0.885. The maximum absolute atomic E-state index is 5.14. The van der Waals surface area contributed by atoms with Gasteiger partial charge in [-0.05, 0) is 70.3 Å². The minimum Gasteiger partial charge on any atom is -0.309 e. The van der Waals surface area contributed by atoms with Crippen LogP contribution in [-0.2, 0) is 0 Å². The summed E-state index contributed by atoms with van der Waals surface area (Å²) in [6, 6.07) is 56.1. The van der Waals surface area contributed by atoms with Crippen molar-refractivity contribution in [2.75, 3.05) is 4.90 Å². The first-order valence-electron chi connectivity index (χ1n) is 17.2. The van der Waals surface area contributed by atoms with Gasteiger partial charge in [-0.3, -0.25) is 0 Å². The molecule has 50 heavy (non-hydrogen) atoms. The number of para-hydroxylation sites is 3. The van der Waals surface area contributed by atoms with Gasteiger partial charge in [-0.2, -0.15) is 0 Å². The van der Waals surface area contributed by atoms with Gasteiger partial charge in [0.15, 0.2) is 0 Å². The molecule has 6 aromatic carbocycles. The number of anilines is 2. The number of nitrogens with zero attached hydrogens (tertiary/aromatic N) is 4. The maximum Gasteiger partial charge on any atom is 0.231 e. The van der Waals surface area contributed by atoms with Crippen molar-refractivity contribution >= 4 is 39.0 Å². The summed E-state index contributed by atoms with van der Waals surface area (Å²) in [6.45, 7) is 0. The second kappa shape index (κ2) is 11.6. The second-order valence-corrected chi connectivity index (χ2v) is 13.0. The molecule has 1 aliphatic heterocycles. The van der Waals surface area contributed by atoms with Crippen LogP contribution in [0.4, 0.5) is 11.6 Å². The molecule has 0 bridgehead atoms. The van der Waals surface area contributed by atoms with Gasteiger partial charge in [-0.25, -0.2) is 9.97 Å². The Labute approximate surface area is 290 Å². The van der Waals surface area contributed by atoms with Crippen LogP contribution in [0.25, 0.3) is 55.5 Å². The fourth-order valence-corrected chi connectivity index (χ4v) is 7.87. The van der Waals surface area contributed by atoms with Gasteiger partial charge in [0.05, 0.1) is 22.8 Å². The maximum atomic E-state index is 5.14. The molecule has 0 amide bonds. The van der Waals surface area contributed by atoms with E-state index < -0.39 is 0 Å². The lowest BCUT2D eigenvalue weighted by atomic mass is 9.86. The molecular formula is C46H32N4. The number of rotatable bonds is 5. The Kier molecular flexibility index (Phi) is 6.59. The normalized spacial score (nSPS) is 16.4. The second-order valence-electron chi connectivity index (χ2n) is 13.0. The zero-order valence-corrected chi connectivity index (χ0v) is 27.3. The van der Waals surface area contributed by atoms with Crippen LogP contribution >= 0.6 is 0 Å². The summed E-state index contributed by atoms with van der Waals surface area (Å²) in [4.78, 5) is 12.3. The van der Waals surface area contributed by atoms with Gasteiger partial charge in [0.1, 0.15) is 0 Å². The van der Waals surface area contributed by atoms with E-state index in [-0.39, 0.29) is 12.0 Å². The monoisotopic (exact) mass is 640 g/mol. The molecule has 0 fully saturated rings. The summed E-state index contributed by atoms with van der Waals surface area (Å²) < 4.78 is 2.37. The summed E-state index contributed by atoms with van der Waals surface area (Å²) in [6.07, 6.45) is 8.94. The van der Waals surface area contributed by atoms with Gasteiger partial charge in [0.2, 0.25) is 5.95 Å². The molecule has 236 valence electrons. The molecule has 10 rings (SSSR count). The number of hydrogen-bond acceptors (Lipinski definition) is 3. The number of fused-ring (bicyclic) bond motifs is 6. The number of hydrogen-bond donors (Lipinski definition) is 0. The molecule has 0 spiro atoms. The predicted octanol–water partition coefficient (Wildman–Crippen LogP) is 11.2. The Bertz CT molecular complexity index is 2600. The highest BCUT2D eigenvalue weighted by Crippen LogP contribution is 2.48. The Hall–Kier alpha value is -6.52. The van der Waals surface area contributed by atoms with E-state index in [1.54, 1.807) is 0 Å². The molecule has 2 aromatic heterocycles. The molecule has 8 aromatic rings. The Balaban J connectivity index is 1.01. The Morgan fingerprint density at radius 2 is 1.22 bits per heavy atom. The van der Waals surface area contributed by atoms with Gasteiger partial charge >= 0.3 is 0 Å². The molecule has 0 saturated carbocycles. The highest BCUT2D eigenvalue weighted by molar-refractivity contribution is 6.10. The molecule has 1 aliphatic carbocycles. The van der Waals surface area contributed by atoms with Crippen LogP contribution in [-0.4, -0.2) is 20.6 Å². The Morgan fingerprint density at radius 1 is 0.540 bits per heavy atom. The summed E-state index contributed by atoms with van der Waals surface area (Å²) >= 11 is 0. The summed E-state index contributed by atoms with van der Waals surface area (Å²) in [5.41, 5.74) is 12.9. The summed E-state index contributed by atoms with van der Waals surface area (Å²) in [7, 11) is 0. The topological polar surface area (TPSA) is 34.0 Å². The fraction of sp³-hybridized carbons (Fsp3) is 0.0435. The average molecular weight is 641 g/mol. The van der Waals surface area contributed by atoms with Crippen LogP contribution in [0.15, 0.2) is 182 Å². The van der Waals surface area contributed by atoms with E-state index in [9.17, 15) is 0 Å². The first-order valence-corrected chi connectivity index (χ1v) is 17.2. The van der Waals surface area contributed by atoms with Crippen LogP contribution in [0, 0.1) is 0 Å². The molecule has 0 saturated heterocycles. The zero-order valence-electron chi connectivity index (χ0n) is 27.3. The van der Waals surface area contributed by atoms with Crippen LogP contribution in [0.2, 0.25) is 0 Å². The average Bonchev–Trinajstić information content (AvgIpc) is 3.71. The molecular weight excluding hydrogens is 609 g/mol. The molecule has 3 heterocycles. The molecule has 2 aliphatic rings. The lowest BCUT2D eigenvalue weighted by molar-refractivity contribution is 0.732. The molecule has 2 atom stereocenters. The molecule has 4 nitrogen and oxygen atoms in total. The van der Waals surface area contributed by atoms with Gasteiger partial charge in [-0.1, -0.05) is 133 Å². The third kappa shape index (κ3) is 4.61. The summed E-state index contributed by atoms with van der Waals surface area (Å²) in [5, 5.41) is 2.52. The van der Waals surface area contributed by atoms with E-state index in [2.05, 4.69) is 173 Å². The van der Waals surface area contributed by atoms with Crippen molar-refractivity contribution in [1.82, 2.24) is 14.5 Å². The quantitative estimate of drug-likeness (QED) is 0.188. The highest BCUT2D eigenvalue weighted by atomic mass is 15.3. The number of aromatic nitrogens is 3. The van der Waals surface area contributed by atoms with Crippen LogP contribution < -0.4 is 4.90 Å². The third-order valence-electron chi connectivity index (χ3n) is 10.2. The minimum atomic E-state index is 0.0792. The number of allylic oxidation sites excluding steroid dienone is 2. The van der Waals surface area contributed by atoms with Crippen molar-refractivity contribution < 1.29 is 0 Å². The molecule has 0 N–H and O–H groups in total. The smallest absolute Gasteiger partial charge is 0.231 e. The standard InChI is InChI=1S/C46H32N4/c1-3-11-31(12-4-1)32-19-21-33(22-20-32)41-27-28-47-46(48-41)50-43-18-10-8-16-38(43)40-30-35(24-26-45(40)50)34-23-25-44-39(29-34)37-15-7-9-17-42(37)49(44)36-13-5-2-6-14-36/h1-30,40,45H. The van der Waals surface area contributed by atoms with Crippen molar-refractivity contribution in [1.29, 1.82) is 0 Å². The van der Waals surface area contributed by atoms with Gasteiger partial charge in [0.25, 0.3) is 0 Å². The van der Waals surface area contributed by atoms with Gasteiger partial charge < -0.3 is 9.47 Å². The lowest BCUT2D eigenvalue weighted by Gasteiger charge is -2.28. The van der Waals surface area contributed by atoms with Crippen molar-refractivity contribution in [2.45, 2.75) is 12.0 Å². The van der Waals surface area contributed by atoms with E-state index in [1.165, 1.54) is 55.3 Å². The van der Waals surface area contributed by atoms with E-state index >= 15 is 0 Å². The van der Waals surface area contributed by atoms with Crippen molar-refractivity contribution in [3.05, 3.63) is 193 Å². The minimum absolute atomic E-state index is 0.0792. The highest BCUT2D eigenvalue weighted by Gasteiger charge is 2.39. The van der Waals surface area contributed by atoms with Crippen LogP contribution in [0.5, 0.6) is 0 Å². The predicted molar refractivity (Wildman–Crippen MR) is 206 cm³/mol. The van der Waals surface area contributed by atoms with E-state index in [1.807, 2.05) is 18.3 Å². The van der Waals surface area contributed by atoms with Crippen LogP contribution in [0.1, 0.15) is 17.0 Å².